The van der Waals surface area contributed by atoms with Gasteiger partial charge in [-0.1, -0.05) is 24.3 Å². The highest BCUT2D eigenvalue weighted by atomic mass is 14.6. The molecule has 3 aromatic rings. The average molecular weight is 258 g/mol. The maximum absolute atomic E-state index is 4.29. The fraction of sp³-hybridized carbons (Fsp3) is 0.111. The molecule has 96 valence electrons. The van der Waals surface area contributed by atoms with Crippen molar-refractivity contribution in [3.05, 3.63) is 83.9 Å². The molecule has 2 heteroatoms. The summed E-state index contributed by atoms with van der Waals surface area (Å²) in [4.78, 5) is 8.39. The molecular weight excluding hydrogens is 244 g/mol. The SMILES string of the molecule is c1ccc2c(c1)-c1cnccc1C2Cc1ccncc1. The number of fused-ring (bicyclic) bond motifs is 3. The molecule has 0 saturated heterocycles. The molecule has 2 nitrogen and oxygen atoms in total. The Labute approximate surface area is 118 Å². The van der Waals surface area contributed by atoms with Crippen LogP contribution in [0.5, 0.6) is 0 Å². The Kier molecular flexibility index (Phi) is 2.59. The van der Waals surface area contributed by atoms with Gasteiger partial charge in [0.2, 0.25) is 0 Å². The lowest BCUT2D eigenvalue weighted by atomic mass is 9.91. The molecule has 1 aromatic carbocycles. The van der Waals surface area contributed by atoms with Crippen molar-refractivity contribution in [1.82, 2.24) is 9.97 Å². The lowest BCUT2D eigenvalue weighted by Crippen LogP contribution is -2.01. The normalized spacial score (nSPS) is 15.7. The van der Waals surface area contributed by atoms with E-state index in [0.29, 0.717) is 5.92 Å². The van der Waals surface area contributed by atoms with Gasteiger partial charge in [-0.15, -0.1) is 0 Å². The van der Waals surface area contributed by atoms with Gasteiger partial charge in [-0.3, -0.25) is 9.97 Å². The molecule has 0 fully saturated rings. The van der Waals surface area contributed by atoms with E-state index in [1.54, 1.807) is 0 Å². The van der Waals surface area contributed by atoms with Crippen molar-refractivity contribution in [2.24, 2.45) is 0 Å². The molecule has 0 spiro atoms. The van der Waals surface area contributed by atoms with Crippen molar-refractivity contribution in [3.8, 4) is 11.1 Å². The summed E-state index contributed by atoms with van der Waals surface area (Å²) in [6.45, 7) is 0. The number of hydrogen-bond donors (Lipinski definition) is 0. The van der Waals surface area contributed by atoms with E-state index < -0.39 is 0 Å². The third-order valence-corrected chi connectivity index (χ3v) is 4.05. The van der Waals surface area contributed by atoms with Gasteiger partial charge in [0.05, 0.1) is 0 Å². The number of rotatable bonds is 2. The Bertz CT molecular complexity index is 705. The average Bonchev–Trinajstić information content (AvgIpc) is 2.84. The van der Waals surface area contributed by atoms with Crippen LogP contribution in [0.3, 0.4) is 0 Å². The molecule has 20 heavy (non-hydrogen) atoms. The second-order valence-electron chi connectivity index (χ2n) is 5.16. The van der Waals surface area contributed by atoms with Crippen molar-refractivity contribution in [1.29, 1.82) is 0 Å². The van der Waals surface area contributed by atoms with Crippen molar-refractivity contribution in [2.75, 3.05) is 0 Å². The van der Waals surface area contributed by atoms with Crippen molar-refractivity contribution < 1.29 is 0 Å². The molecule has 4 rings (SSSR count). The zero-order chi connectivity index (χ0) is 13.4. The molecule has 0 radical (unpaired) electrons. The second-order valence-corrected chi connectivity index (χ2v) is 5.16. The minimum Gasteiger partial charge on any atom is -0.265 e. The molecule has 1 unspecified atom stereocenters. The van der Waals surface area contributed by atoms with Gasteiger partial charge >= 0.3 is 0 Å². The third-order valence-electron chi connectivity index (χ3n) is 4.05. The summed E-state index contributed by atoms with van der Waals surface area (Å²) in [5, 5.41) is 0. The molecule has 0 amide bonds. The van der Waals surface area contributed by atoms with Crippen LogP contribution in [0.1, 0.15) is 22.6 Å². The van der Waals surface area contributed by atoms with Crippen molar-refractivity contribution in [3.63, 3.8) is 0 Å². The number of pyridine rings is 2. The van der Waals surface area contributed by atoms with Gasteiger partial charge in [-0.25, -0.2) is 0 Å². The molecule has 1 aliphatic carbocycles. The topological polar surface area (TPSA) is 25.8 Å². The Morgan fingerprint density at radius 3 is 2.40 bits per heavy atom. The Morgan fingerprint density at radius 1 is 0.750 bits per heavy atom. The highest BCUT2D eigenvalue weighted by Gasteiger charge is 2.28. The van der Waals surface area contributed by atoms with Crippen LogP contribution in [0.25, 0.3) is 11.1 Å². The van der Waals surface area contributed by atoms with Gasteiger partial charge in [0.25, 0.3) is 0 Å². The first kappa shape index (κ1) is 11.4. The lowest BCUT2D eigenvalue weighted by Gasteiger charge is -2.13. The predicted octanol–water partition coefficient (Wildman–Crippen LogP) is 3.83. The smallest absolute Gasteiger partial charge is 0.0349 e. The largest absolute Gasteiger partial charge is 0.265 e. The molecule has 0 bridgehead atoms. The van der Waals surface area contributed by atoms with E-state index in [4.69, 9.17) is 0 Å². The molecule has 2 aromatic heterocycles. The molecule has 0 saturated carbocycles. The molecule has 0 N–H and O–H groups in total. The zero-order valence-corrected chi connectivity index (χ0v) is 11.0. The van der Waals surface area contributed by atoms with E-state index in [9.17, 15) is 0 Å². The number of aromatic nitrogens is 2. The Balaban J connectivity index is 1.83. The second kappa shape index (κ2) is 4.57. The van der Waals surface area contributed by atoms with Crippen LogP contribution in [-0.2, 0) is 6.42 Å². The van der Waals surface area contributed by atoms with Gasteiger partial charge in [0.15, 0.2) is 0 Å². The van der Waals surface area contributed by atoms with E-state index in [-0.39, 0.29) is 0 Å². The van der Waals surface area contributed by atoms with E-state index in [0.717, 1.165) is 6.42 Å². The maximum atomic E-state index is 4.29. The summed E-state index contributed by atoms with van der Waals surface area (Å²) in [5.74, 6) is 0.423. The molecule has 1 atom stereocenters. The fourth-order valence-electron chi connectivity index (χ4n) is 3.12. The standard InChI is InChI=1S/C18H14N2/c1-2-4-15-14(3-1)17(11-13-5-8-19-9-6-13)16-7-10-20-12-18(15)16/h1-10,12,17H,11H2. The van der Waals surface area contributed by atoms with Gasteiger partial charge in [-0.05, 0) is 46.9 Å². The van der Waals surface area contributed by atoms with Gasteiger partial charge in [0, 0.05) is 36.3 Å². The first-order valence-electron chi connectivity index (χ1n) is 6.85. The summed E-state index contributed by atoms with van der Waals surface area (Å²) >= 11 is 0. The molecule has 2 heterocycles. The van der Waals surface area contributed by atoms with E-state index in [1.807, 2.05) is 24.8 Å². The van der Waals surface area contributed by atoms with Crippen LogP contribution in [0.2, 0.25) is 0 Å². The zero-order valence-electron chi connectivity index (χ0n) is 11.0. The minimum absolute atomic E-state index is 0.423. The van der Waals surface area contributed by atoms with E-state index >= 15 is 0 Å². The molecular formula is C18H14N2. The molecule has 0 aliphatic heterocycles. The van der Waals surface area contributed by atoms with Crippen LogP contribution in [0.4, 0.5) is 0 Å². The van der Waals surface area contributed by atoms with Crippen molar-refractivity contribution in [2.45, 2.75) is 12.3 Å². The number of benzene rings is 1. The monoisotopic (exact) mass is 258 g/mol. The lowest BCUT2D eigenvalue weighted by molar-refractivity contribution is 0.824. The Hall–Kier alpha value is -2.48. The quantitative estimate of drug-likeness (QED) is 0.698. The first-order chi connectivity index (χ1) is 9.93. The van der Waals surface area contributed by atoms with Crippen molar-refractivity contribution >= 4 is 0 Å². The summed E-state index contributed by atoms with van der Waals surface area (Å²) in [6, 6.07) is 15.0. The van der Waals surface area contributed by atoms with Gasteiger partial charge in [0.1, 0.15) is 0 Å². The fourth-order valence-corrected chi connectivity index (χ4v) is 3.12. The third kappa shape index (κ3) is 1.73. The van der Waals surface area contributed by atoms with Crippen LogP contribution in [-0.4, -0.2) is 9.97 Å². The van der Waals surface area contributed by atoms with Crippen LogP contribution < -0.4 is 0 Å². The summed E-state index contributed by atoms with van der Waals surface area (Å²) in [7, 11) is 0. The van der Waals surface area contributed by atoms with E-state index in [1.165, 1.54) is 27.8 Å². The first-order valence-corrected chi connectivity index (χ1v) is 6.85. The number of nitrogens with zero attached hydrogens (tertiary/aromatic N) is 2. The highest BCUT2D eigenvalue weighted by Crippen LogP contribution is 2.45. The minimum atomic E-state index is 0.423. The van der Waals surface area contributed by atoms with Crippen LogP contribution in [0.15, 0.2) is 67.3 Å². The highest BCUT2D eigenvalue weighted by molar-refractivity contribution is 5.78. The maximum Gasteiger partial charge on any atom is 0.0349 e. The summed E-state index contributed by atoms with van der Waals surface area (Å²) in [6.07, 6.45) is 8.62. The number of hydrogen-bond acceptors (Lipinski definition) is 2. The predicted molar refractivity (Wildman–Crippen MR) is 79.5 cm³/mol. The van der Waals surface area contributed by atoms with Gasteiger partial charge < -0.3 is 0 Å². The van der Waals surface area contributed by atoms with Gasteiger partial charge in [-0.2, -0.15) is 0 Å². The summed E-state index contributed by atoms with van der Waals surface area (Å²) < 4.78 is 0. The van der Waals surface area contributed by atoms with E-state index in [2.05, 4.69) is 52.4 Å². The Morgan fingerprint density at radius 2 is 1.50 bits per heavy atom. The molecule has 1 aliphatic rings. The van der Waals surface area contributed by atoms with Crippen LogP contribution >= 0.6 is 0 Å². The summed E-state index contributed by atoms with van der Waals surface area (Å²) in [5.41, 5.74) is 6.73. The van der Waals surface area contributed by atoms with Crippen LogP contribution in [0, 0.1) is 0 Å².